The van der Waals surface area contributed by atoms with Gasteiger partial charge in [-0.15, -0.1) is 0 Å². The van der Waals surface area contributed by atoms with Gasteiger partial charge in [0.2, 0.25) is 0 Å². The quantitative estimate of drug-likeness (QED) is 0.574. The first-order valence-corrected chi connectivity index (χ1v) is 7.51. The molecular weight excluding hydrogens is 224 g/mol. The number of nitrogens with zero attached hydrogens (tertiary/aromatic N) is 2. The van der Waals surface area contributed by atoms with Gasteiger partial charge in [0.05, 0.1) is 0 Å². The molecule has 0 bridgehead atoms. The summed E-state index contributed by atoms with van der Waals surface area (Å²) < 4.78 is 0. The molecule has 4 heteroatoms. The maximum Gasteiger partial charge on any atom is 0.191 e. The lowest BCUT2D eigenvalue weighted by Gasteiger charge is -2.28. The predicted molar refractivity (Wildman–Crippen MR) is 77.0 cm³/mol. The molecule has 0 aromatic heterocycles. The maximum absolute atomic E-state index is 4.69. The highest BCUT2D eigenvalue weighted by atomic mass is 15.2. The van der Waals surface area contributed by atoms with Crippen molar-refractivity contribution in [3.8, 4) is 0 Å². The zero-order valence-corrected chi connectivity index (χ0v) is 11.9. The van der Waals surface area contributed by atoms with Gasteiger partial charge >= 0.3 is 0 Å². The van der Waals surface area contributed by atoms with E-state index in [2.05, 4.69) is 34.5 Å². The lowest BCUT2D eigenvalue weighted by atomic mass is 9.94. The van der Waals surface area contributed by atoms with Gasteiger partial charge in [0.15, 0.2) is 5.96 Å². The van der Waals surface area contributed by atoms with Crippen molar-refractivity contribution in [1.82, 2.24) is 15.5 Å². The van der Waals surface area contributed by atoms with Crippen LogP contribution in [0.3, 0.4) is 0 Å². The minimum absolute atomic E-state index is 0.686. The van der Waals surface area contributed by atoms with Crippen LogP contribution in [0.2, 0.25) is 0 Å². The third-order valence-corrected chi connectivity index (χ3v) is 3.91. The molecule has 2 N–H and O–H groups in total. The van der Waals surface area contributed by atoms with Crippen LogP contribution in [0.25, 0.3) is 0 Å². The van der Waals surface area contributed by atoms with Gasteiger partial charge in [-0.3, -0.25) is 4.99 Å². The fraction of sp³-hybridized carbons (Fsp3) is 0.929. The van der Waals surface area contributed by atoms with E-state index in [-0.39, 0.29) is 0 Å². The molecule has 0 amide bonds. The highest BCUT2D eigenvalue weighted by molar-refractivity contribution is 5.80. The molecule has 18 heavy (non-hydrogen) atoms. The average Bonchev–Trinajstić information content (AvgIpc) is 3.16. The number of likely N-dealkylation sites (tertiary alicyclic amines) is 1. The van der Waals surface area contributed by atoms with E-state index in [4.69, 9.17) is 0 Å². The zero-order valence-electron chi connectivity index (χ0n) is 11.9. The Kier molecular flexibility index (Phi) is 5.29. The lowest BCUT2D eigenvalue weighted by Crippen LogP contribution is -2.38. The molecule has 0 spiro atoms. The summed E-state index contributed by atoms with van der Waals surface area (Å²) in [7, 11) is 2.22. The van der Waals surface area contributed by atoms with Crippen LogP contribution in [0, 0.1) is 5.92 Å². The molecular formula is C14H28N4. The summed E-state index contributed by atoms with van der Waals surface area (Å²) in [6, 6.07) is 0.686. The Balaban J connectivity index is 1.66. The Hall–Kier alpha value is -0.770. The van der Waals surface area contributed by atoms with Crippen molar-refractivity contribution in [2.75, 3.05) is 33.2 Å². The normalized spacial score (nSPS) is 23.1. The maximum atomic E-state index is 4.69. The molecule has 2 aliphatic rings. The van der Waals surface area contributed by atoms with Crippen molar-refractivity contribution in [1.29, 1.82) is 0 Å². The molecule has 1 aliphatic heterocycles. The van der Waals surface area contributed by atoms with Crippen molar-refractivity contribution >= 4 is 5.96 Å². The zero-order chi connectivity index (χ0) is 12.8. The lowest BCUT2D eigenvalue weighted by molar-refractivity contribution is 0.214. The van der Waals surface area contributed by atoms with Crippen LogP contribution in [0.5, 0.6) is 0 Å². The van der Waals surface area contributed by atoms with E-state index in [9.17, 15) is 0 Å². The Morgan fingerprint density at radius 1 is 1.22 bits per heavy atom. The van der Waals surface area contributed by atoms with Crippen LogP contribution in [-0.2, 0) is 0 Å². The van der Waals surface area contributed by atoms with E-state index in [1.807, 2.05) is 0 Å². The second-order valence-electron chi connectivity index (χ2n) is 5.71. The Labute approximate surface area is 111 Å². The second-order valence-corrected chi connectivity index (χ2v) is 5.71. The Morgan fingerprint density at radius 2 is 1.94 bits per heavy atom. The van der Waals surface area contributed by atoms with E-state index < -0.39 is 0 Å². The second kappa shape index (κ2) is 6.98. The number of hydrogen-bond acceptors (Lipinski definition) is 2. The highest BCUT2D eigenvalue weighted by Gasteiger charge is 2.22. The molecule has 1 saturated carbocycles. The summed E-state index contributed by atoms with van der Waals surface area (Å²) in [4.78, 5) is 7.12. The standard InChI is InChI=1S/C14H28N4/c1-3-15-14(17-13-4-5-13)16-9-6-12-7-10-18(2)11-8-12/h12-13H,3-11H2,1-2H3,(H2,15,16,17). The van der Waals surface area contributed by atoms with Crippen molar-refractivity contribution < 1.29 is 0 Å². The number of guanidine groups is 1. The summed E-state index contributed by atoms with van der Waals surface area (Å²) in [5.41, 5.74) is 0. The molecule has 1 heterocycles. The first kappa shape index (κ1) is 13.7. The first-order chi connectivity index (χ1) is 8.78. The van der Waals surface area contributed by atoms with Crippen LogP contribution in [0.4, 0.5) is 0 Å². The number of nitrogens with one attached hydrogen (secondary N) is 2. The van der Waals surface area contributed by atoms with Crippen LogP contribution in [0.15, 0.2) is 4.99 Å². The van der Waals surface area contributed by atoms with Gasteiger partial charge in [-0.1, -0.05) is 0 Å². The summed E-state index contributed by atoms with van der Waals surface area (Å²) in [5, 5.41) is 6.80. The van der Waals surface area contributed by atoms with Crippen molar-refractivity contribution in [2.24, 2.45) is 10.9 Å². The van der Waals surface area contributed by atoms with Gasteiger partial charge in [0, 0.05) is 19.1 Å². The van der Waals surface area contributed by atoms with Gasteiger partial charge in [0.1, 0.15) is 0 Å². The Bertz CT molecular complexity index is 265. The van der Waals surface area contributed by atoms with E-state index >= 15 is 0 Å². The van der Waals surface area contributed by atoms with E-state index in [1.165, 1.54) is 45.2 Å². The van der Waals surface area contributed by atoms with E-state index in [0.29, 0.717) is 6.04 Å². The third-order valence-electron chi connectivity index (χ3n) is 3.91. The largest absolute Gasteiger partial charge is 0.357 e. The number of hydrogen-bond donors (Lipinski definition) is 2. The molecule has 2 fully saturated rings. The minimum Gasteiger partial charge on any atom is -0.357 e. The molecule has 0 radical (unpaired) electrons. The minimum atomic E-state index is 0.686. The van der Waals surface area contributed by atoms with Crippen LogP contribution >= 0.6 is 0 Å². The van der Waals surface area contributed by atoms with Crippen LogP contribution in [0.1, 0.15) is 39.0 Å². The first-order valence-electron chi connectivity index (χ1n) is 7.51. The summed E-state index contributed by atoms with van der Waals surface area (Å²) in [6.45, 7) is 6.56. The van der Waals surface area contributed by atoms with Gasteiger partial charge in [-0.2, -0.15) is 0 Å². The highest BCUT2D eigenvalue weighted by Crippen LogP contribution is 2.20. The number of aliphatic imine (C=N–C) groups is 1. The van der Waals surface area contributed by atoms with Gasteiger partial charge in [-0.25, -0.2) is 0 Å². The fourth-order valence-corrected chi connectivity index (χ4v) is 2.45. The van der Waals surface area contributed by atoms with E-state index in [0.717, 1.165) is 25.0 Å². The van der Waals surface area contributed by atoms with Crippen LogP contribution in [-0.4, -0.2) is 50.1 Å². The molecule has 2 rings (SSSR count). The van der Waals surface area contributed by atoms with Gasteiger partial charge < -0.3 is 15.5 Å². The monoisotopic (exact) mass is 252 g/mol. The topological polar surface area (TPSA) is 39.7 Å². The average molecular weight is 252 g/mol. The molecule has 1 aliphatic carbocycles. The molecule has 0 aromatic carbocycles. The number of rotatable bonds is 5. The van der Waals surface area contributed by atoms with Gasteiger partial charge in [-0.05, 0) is 65.1 Å². The number of piperidine rings is 1. The molecule has 0 unspecified atom stereocenters. The predicted octanol–water partition coefficient (Wildman–Crippen LogP) is 1.44. The van der Waals surface area contributed by atoms with Crippen molar-refractivity contribution in [2.45, 2.75) is 45.1 Å². The smallest absolute Gasteiger partial charge is 0.191 e. The van der Waals surface area contributed by atoms with Crippen LogP contribution < -0.4 is 10.6 Å². The van der Waals surface area contributed by atoms with Crippen molar-refractivity contribution in [3.63, 3.8) is 0 Å². The third kappa shape index (κ3) is 4.84. The fourth-order valence-electron chi connectivity index (χ4n) is 2.45. The molecule has 104 valence electrons. The molecule has 1 saturated heterocycles. The molecule has 0 atom stereocenters. The summed E-state index contributed by atoms with van der Waals surface area (Å²) in [6.07, 6.45) is 6.55. The molecule has 0 aromatic rings. The summed E-state index contributed by atoms with van der Waals surface area (Å²) in [5.74, 6) is 1.90. The summed E-state index contributed by atoms with van der Waals surface area (Å²) >= 11 is 0. The Morgan fingerprint density at radius 3 is 2.56 bits per heavy atom. The van der Waals surface area contributed by atoms with E-state index in [1.54, 1.807) is 0 Å². The molecule has 4 nitrogen and oxygen atoms in total. The van der Waals surface area contributed by atoms with Gasteiger partial charge in [0.25, 0.3) is 0 Å². The SMILES string of the molecule is CCNC(=NCCC1CCN(C)CC1)NC1CC1. The van der Waals surface area contributed by atoms with Crippen molar-refractivity contribution in [3.05, 3.63) is 0 Å².